The van der Waals surface area contributed by atoms with Crippen LogP contribution >= 0.6 is 0 Å². The van der Waals surface area contributed by atoms with Crippen LogP contribution in [-0.2, 0) is 0 Å². The molecule has 0 saturated carbocycles. The molecule has 4 heteroatoms. The normalized spacial score (nSPS) is 10.2. The average Bonchev–Trinajstić information content (AvgIpc) is 2.34. The Labute approximate surface area is 106 Å². The summed E-state index contributed by atoms with van der Waals surface area (Å²) in [4.78, 5) is 2.00. The van der Waals surface area contributed by atoms with Gasteiger partial charge >= 0.3 is 0 Å². The van der Waals surface area contributed by atoms with E-state index in [2.05, 4.69) is 5.32 Å². The number of hydrogen-bond donors (Lipinski definition) is 2. The van der Waals surface area contributed by atoms with Gasteiger partial charge in [0, 0.05) is 25.5 Å². The molecule has 0 aromatic heterocycles. The summed E-state index contributed by atoms with van der Waals surface area (Å²) in [6, 6.07) is 12.1. The van der Waals surface area contributed by atoms with Crippen LogP contribution in [-0.4, -0.2) is 14.1 Å². The number of rotatable bonds is 3. The number of nitrogen functional groups attached to an aromatic ring is 1. The van der Waals surface area contributed by atoms with Crippen molar-refractivity contribution in [2.75, 3.05) is 30.0 Å². The van der Waals surface area contributed by atoms with Gasteiger partial charge in [-0.3, -0.25) is 0 Å². The molecule has 0 saturated heterocycles. The Kier molecular flexibility index (Phi) is 3.37. The second-order valence-corrected chi connectivity index (χ2v) is 4.30. The summed E-state index contributed by atoms with van der Waals surface area (Å²) in [5, 5.41) is 3.12. The fourth-order valence-electron chi connectivity index (χ4n) is 1.65. The van der Waals surface area contributed by atoms with Crippen molar-refractivity contribution >= 4 is 22.7 Å². The molecule has 18 heavy (non-hydrogen) atoms. The maximum absolute atomic E-state index is 13.2. The summed E-state index contributed by atoms with van der Waals surface area (Å²) >= 11 is 0. The van der Waals surface area contributed by atoms with Crippen LogP contribution in [0.1, 0.15) is 0 Å². The fraction of sp³-hybridized carbons (Fsp3) is 0.143. The number of benzene rings is 2. The van der Waals surface area contributed by atoms with Gasteiger partial charge in [0.2, 0.25) is 0 Å². The lowest BCUT2D eigenvalue weighted by molar-refractivity contribution is 0.628. The number of hydrogen-bond acceptors (Lipinski definition) is 3. The average molecular weight is 245 g/mol. The van der Waals surface area contributed by atoms with E-state index in [0.717, 1.165) is 11.4 Å². The highest BCUT2D eigenvalue weighted by Crippen LogP contribution is 2.26. The summed E-state index contributed by atoms with van der Waals surface area (Å²) in [7, 11) is 3.94. The van der Waals surface area contributed by atoms with E-state index in [1.807, 2.05) is 43.3 Å². The van der Waals surface area contributed by atoms with Crippen molar-refractivity contribution in [3.05, 3.63) is 48.3 Å². The molecule has 0 spiro atoms. The van der Waals surface area contributed by atoms with Gasteiger partial charge in [-0.25, -0.2) is 4.39 Å². The van der Waals surface area contributed by atoms with Crippen LogP contribution in [0, 0.1) is 5.82 Å². The van der Waals surface area contributed by atoms with Crippen molar-refractivity contribution in [2.45, 2.75) is 0 Å². The third kappa shape index (κ3) is 2.71. The number of halogens is 1. The van der Waals surface area contributed by atoms with E-state index < -0.39 is 0 Å². The molecule has 0 aliphatic carbocycles. The third-order valence-electron chi connectivity index (χ3n) is 2.66. The van der Waals surface area contributed by atoms with E-state index >= 15 is 0 Å². The smallest absolute Gasteiger partial charge is 0.125 e. The minimum absolute atomic E-state index is 0.310. The van der Waals surface area contributed by atoms with Crippen molar-refractivity contribution in [2.24, 2.45) is 0 Å². The molecule has 0 amide bonds. The molecule has 2 aromatic carbocycles. The molecule has 0 aliphatic rings. The number of nitrogens with one attached hydrogen (secondary N) is 1. The third-order valence-corrected chi connectivity index (χ3v) is 2.66. The first kappa shape index (κ1) is 12.2. The molecule has 0 unspecified atom stereocenters. The molecule has 2 rings (SSSR count). The summed E-state index contributed by atoms with van der Waals surface area (Å²) in [6.45, 7) is 0. The van der Waals surface area contributed by atoms with Gasteiger partial charge in [0.15, 0.2) is 0 Å². The van der Waals surface area contributed by atoms with Gasteiger partial charge in [-0.15, -0.1) is 0 Å². The van der Waals surface area contributed by atoms with Crippen LogP contribution in [0.4, 0.5) is 27.1 Å². The topological polar surface area (TPSA) is 41.3 Å². The Morgan fingerprint density at radius 1 is 1.11 bits per heavy atom. The van der Waals surface area contributed by atoms with Crippen LogP contribution in [0.5, 0.6) is 0 Å². The minimum Gasteiger partial charge on any atom is -0.397 e. The standard InChI is InChI=1S/C14H16FN3/c1-18(2)12-5-3-4-11(9-12)17-14-8-10(15)6-7-13(14)16/h3-9,17H,16H2,1-2H3. The van der Waals surface area contributed by atoms with Crippen molar-refractivity contribution in [3.8, 4) is 0 Å². The van der Waals surface area contributed by atoms with Gasteiger partial charge in [0.05, 0.1) is 11.4 Å². The lowest BCUT2D eigenvalue weighted by atomic mass is 10.2. The van der Waals surface area contributed by atoms with Gasteiger partial charge in [-0.1, -0.05) is 6.07 Å². The summed E-state index contributed by atoms with van der Waals surface area (Å²) in [6.07, 6.45) is 0. The number of anilines is 4. The highest BCUT2D eigenvalue weighted by molar-refractivity contribution is 5.74. The van der Waals surface area contributed by atoms with Gasteiger partial charge in [-0.05, 0) is 36.4 Å². The lowest BCUT2D eigenvalue weighted by Gasteiger charge is -2.15. The molecular weight excluding hydrogens is 229 g/mol. The van der Waals surface area contributed by atoms with Gasteiger partial charge in [-0.2, -0.15) is 0 Å². The molecule has 0 aliphatic heterocycles. The zero-order valence-electron chi connectivity index (χ0n) is 10.4. The minimum atomic E-state index is -0.310. The highest BCUT2D eigenvalue weighted by Gasteiger charge is 2.03. The monoisotopic (exact) mass is 245 g/mol. The van der Waals surface area contributed by atoms with Crippen LogP contribution in [0.2, 0.25) is 0 Å². The van der Waals surface area contributed by atoms with Crippen molar-refractivity contribution in [3.63, 3.8) is 0 Å². The first-order valence-electron chi connectivity index (χ1n) is 5.66. The van der Waals surface area contributed by atoms with Crippen LogP contribution < -0.4 is 16.0 Å². The van der Waals surface area contributed by atoms with Gasteiger partial charge < -0.3 is 16.0 Å². The zero-order valence-corrected chi connectivity index (χ0v) is 10.4. The van der Waals surface area contributed by atoms with Crippen LogP contribution in [0.3, 0.4) is 0 Å². The summed E-state index contributed by atoms with van der Waals surface area (Å²) < 4.78 is 13.2. The molecule has 0 bridgehead atoms. The Morgan fingerprint density at radius 3 is 2.61 bits per heavy atom. The predicted octanol–water partition coefficient (Wildman–Crippen LogP) is 3.22. The van der Waals surface area contributed by atoms with E-state index in [9.17, 15) is 4.39 Å². The van der Waals surface area contributed by atoms with Gasteiger partial charge in [0.1, 0.15) is 5.82 Å². The maximum Gasteiger partial charge on any atom is 0.125 e. The number of nitrogens with zero attached hydrogens (tertiary/aromatic N) is 1. The van der Waals surface area contributed by atoms with E-state index in [-0.39, 0.29) is 5.82 Å². The van der Waals surface area contributed by atoms with Gasteiger partial charge in [0.25, 0.3) is 0 Å². The van der Waals surface area contributed by atoms with Crippen LogP contribution in [0.15, 0.2) is 42.5 Å². The second kappa shape index (κ2) is 4.96. The van der Waals surface area contributed by atoms with Crippen molar-refractivity contribution < 1.29 is 4.39 Å². The van der Waals surface area contributed by atoms with Crippen LogP contribution in [0.25, 0.3) is 0 Å². The highest BCUT2D eigenvalue weighted by atomic mass is 19.1. The molecule has 3 nitrogen and oxygen atoms in total. The van der Waals surface area contributed by atoms with E-state index in [4.69, 9.17) is 5.73 Å². The van der Waals surface area contributed by atoms with E-state index in [0.29, 0.717) is 11.4 Å². The summed E-state index contributed by atoms with van der Waals surface area (Å²) in [5.41, 5.74) is 8.83. The molecule has 0 atom stereocenters. The second-order valence-electron chi connectivity index (χ2n) is 4.30. The first-order chi connectivity index (χ1) is 8.56. The molecule has 94 valence electrons. The van der Waals surface area contributed by atoms with E-state index in [1.54, 1.807) is 6.07 Å². The Morgan fingerprint density at radius 2 is 1.89 bits per heavy atom. The fourth-order valence-corrected chi connectivity index (χ4v) is 1.65. The Balaban J connectivity index is 2.28. The predicted molar refractivity (Wildman–Crippen MR) is 74.9 cm³/mol. The molecule has 0 heterocycles. The van der Waals surface area contributed by atoms with Crippen molar-refractivity contribution in [1.82, 2.24) is 0 Å². The molecular formula is C14H16FN3. The zero-order chi connectivity index (χ0) is 13.1. The first-order valence-corrected chi connectivity index (χ1v) is 5.66. The quantitative estimate of drug-likeness (QED) is 0.816. The lowest BCUT2D eigenvalue weighted by Crippen LogP contribution is -2.08. The molecule has 0 radical (unpaired) electrons. The molecule has 3 N–H and O–H groups in total. The summed E-state index contributed by atoms with van der Waals surface area (Å²) in [5.74, 6) is -0.310. The largest absolute Gasteiger partial charge is 0.397 e. The SMILES string of the molecule is CN(C)c1cccc(Nc2cc(F)ccc2N)c1. The Bertz CT molecular complexity index is 552. The Hall–Kier alpha value is -2.23. The molecule has 0 fully saturated rings. The van der Waals surface area contributed by atoms with Crippen molar-refractivity contribution in [1.29, 1.82) is 0 Å². The number of nitrogens with two attached hydrogens (primary N) is 1. The van der Waals surface area contributed by atoms with E-state index in [1.165, 1.54) is 12.1 Å². The molecule has 2 aromatic rings. The maximum atomic E-state index is 13.2.